The summed E-state index contributed by atoms with van der Waals surface area (Å²) in [6.07, 6.45) is 1.26. The molecular formula is C15H24ClNO3. The van der Waals surface area contributed by atoms with Crippen LogP contribution in [0.1, 0.15) is 25.8 Å². The molecule has 1 aromatic carbocycles. The number of ether oxygens (including phenoxy) is 3. The summed E-state index contributed by atoms with van der Waals surface area (Å²) < 4.78 is 16.0. The first-order valence-corrected chi connectivity index (χ1v) is 7.19. The van der Waals surface area contributed by atoms with Gasteiger partial charge in [-0.1, -0.05) is 17.7 Å². The van der Waals surface area contributed by atoms with E-state index in [1.165, 1.54) is 0 Å². The summed E-state index contributed by atoms with van der Waals surface area (Å²) in [4.78, 5) is 0. The van der Waals surface area contributed by atoms with Gasteiger partial charge in [0.2, 0.25) is 0 Å². The van der Waals surface area contributed by atoms with Gasteiger partial charge in [0.25, 0.3) is 0 Å². The van der Waals surface area contributed by atoms with E-state index in [1.54, 1.807) is 14.2 Å². The number of hydrogen-bond donors (Lipinski definition) is 1. The lowest BCUT2D eigenvalue weighted by Crippen LogP contribution is -2.17. The molecule has 0 amide bonds. The third-order valence-corrected chi connectivity index (χ3v) is 3.24. The fraction of sp³-hybridized carbons (Fsp3) is 0.600. The molecule has 1 N–H and O–H groups in total. The van der Waals surface area contributed by atoms with Crippen LogP contribution < -0.4 is 14.8 Å². The van der Waals surface area contributed by atoms with Crippen molar-refractivity contribution in [3.05, 3.63) is 22.7 Å². The summed E-state index contributed by atoms with van der Waals surface area (Å²) in [6, 6.07) is 3.81. The van der Waals surface area contributed by atoms with Crippen molar-refractivity contribution >= 4 is 11.6 Å². The molecule has 114 valence electrons. The van der Waals surface area contributed by atoms with Crippen molar-refractivity contribution in [1.29, 1.82) is 0 Å². The second-order valence-corrected chi connectivity index (χ2v) is 5.10. The third kappa shape index (κ3) is 5.19. The van der Waals surface area contributed by atoms with Gasteiger partial charge in [-0.05, 0) is 38.4 Å². The van der Waals surface area contributed by atoms with Crippen LogP contribution in [0.4, 0.5) is 0 Å². The Morgan fingerprint density at radius 2 is 1.95 bits per heavy atom. The highest BCUT2D eigenvalue weighted by Gasteiger charge is 2.12. The quantitative estimate of drug-likeness (QED) is 0.711. The molecular weight excluding hydrogens is 278 g/mol. The maximum atomic E-state index is 6.30. The first kappa shape index (κ1) is 17.1. The number of benzene rings is 1. The second kappa shape index (κ2) is 9.06. The van der Waals surface area contributed by atoms with Crippen molar-refractivity contribution in [3.8, 4) is 11.5 Å². The van der Waals surface area contributed by atoms with E-state index in [2.05, 4.69) is 5.32 Å². The molecule has 1 rings (SSSR count). The monoisotopic (exact) mass is 301 g/mol. The Bertz CT molecular complexity index is 410. The minimum absolute atomic E-state index is 0.287. The predicted octanol–water partition coefficient (Wildman–Crippen LogP) is 3.26. The molecule has 20 heavy (non-hydrogen) atoms. The number of hydrogen-bond acceptors (Lipinski definition) is 4. The molecule has 0 fully saturated rings. The van der Waals surface area contributed by atoms with E-state index in [1.807, 2.05) is 26.0 Å². The number of halogens is 1. The van der Waals surface area contributed by atoms with Gasteiger partial charge in [-0.25, -0.2) is 0 Å². The zero-order valence-corrected chi connectivity index (χ0v) is 13.4. The third-order valence-electron chi connectivity index (χ3n) is 2.83. The normalized spacial score (nSPS) is 10.9. The van der Waals surface area contributed by atoms with Crippen LogP contribution in [-0.2, 0) is 11.3 Å². The van der Waals surface area contributed by atoms with Gasteiger partial charge in [0.15, 0.2) is 11.5 Å². The maximum Gasteiger partial charge on any atom is 0.179 e. The molecule has 4 nitrogen and oxygen atoms in total. The fourth-order valence-corrected chi connectivity index (χ4v) is 2.11. The Morgan fingerprint density at radius 1 is 1.20 bits per heavy atom. The van der Waals surface area contributed by atoms with Gasteiger partial charge in [-0.15, -0.1) is 0 Å². The largest absolute Gasteiger partial charge is 0.493 e. The van der Waals surface area contributed by atoms with Crippen LogP contribution in [0.25, 0.3) is 0 Å². The Labute approximate surface area is 126 Å². The summed E-state index contributed by atoms with van der Waals surface area (Å²) in [6.45, 7) is 6.43. The first-order chi connectivity index (χ1) is 9.60. The molecule has 0 bridgehead atoms. The summed E-state index contributed by atoms with van der Waals surface area (Å²) in [5.74, 6) is 1.23. The number of rotatable bonds is 9. The van der Waals surface area contributed by atoms with Crippen molar-refractivity contribution < 1.29 is 14.2 Å². The molecule has 0 aliphatic carbocycles. The Hall–Kier alpha value is -0.970. The van der Waals surface area contributed by atoms with Crippen molar-refractivity contribution in [2.45, 2.75) is 32.9 Å². The number of nitrogens with one attached hydrogen (secondary N) is 1. The van der Waals surface area contributed by atoms with E-state index in [4.69, 9.17) is 25.8 Å². The molecule has 0 aliphatic rings. The van der Waals surface area contributed by atoms with Gasteiger partial charge >= 0.3 is 0 Å². The highest BCUT2D eigenvalue weighted by molar-refractivity contribution is 6.33. The molecule has 0 saturated heterocycles. The second-order valence-electron chi connectivity index (χ2n) is 4.72. The molecule has 0 atom stereocenters. The average molecular weight is 302 g/mol. The van der Waals surface area contributed by atoms with Crippen LogP contribution in [0.3, 0.4) is 0 Å². The van der Waals surface area contributed by atoms with E-state index in [-0.39, 0.29) is 6.10 Å². The Morgan fingerprint density at radius 3 is 2.55 bits per heavy atom. The zero-order valence-electron chi connectivity index (χ0n) is 12.7. The van der Waals surface area contributed by atoms with Crippen molar-refractivity contribution in [1.82, 2.24) is 5.32 Å². The van der Waals surface area contributed by atoms with Gasteiger partial charge < -0.3 is 19.5 Å². The van der Waals surface area contributed by atoms with Crippen LogP contribution in [0.5, 0.6) is 11.5 Å². The lowest BCUT2D eigenvalue weighted by atomic mass is 10.2. The van der Waals surface area contributed by atoms with E-state index < -0.39 is 0 Å². The van der Waals surface area contributed by atoms with Crippen molar-refractivity contribution in [3.63, 3.8) is 0 Å². The molecule has 0 radical (unpaired) electrons. The number of methoxy groups -OCH3 is 2. The zero-order chi connectivity index (χ0) is 15.0. The first-order valence-electron chi connectivity index (χ1n) is 6.81. The molecule has 0 unspecified atom stereocenters. The van der Waals surface area contributed by atoms with Crippen LogP contribution in [0.15, 0.2) is 12.1 Å². The van der Waals surface area contributed by atoms with Gasteiger partial charge in [0, 0.05) is 13.2 Å². The lowest BCUT2D eigenvalue weighted by molar-refractivity contribution is 0.0770. The van der Waals surface area contributed by atoms with Gasteiger partial charge in [0.05, 0.1) is 25.3 Å². The van der Waals surface area contributed by atoms with E-state index >= 15 is 0 Å². The summed E-state index contributed by atoms with van der Waals surface area (Å²) in [5.41, 5.74) is 0.995. The maximum absolute atomic E-state index is 6.30. The molecule has 0 aromatic heterocycles. The smallest absolute Gasteiger partial charge is 0.179 e. The van der Waals surface area contributed by atoms with Crippen LogP contribution >= 0.6 is 11.6 Å². The van der Waals surface area contributed by atoms with Crippen molar-refractivity contribution in [2.75, 3.05) is 27.4 Å². The van der Waals surface area contributed by atoms with Gasteiger partial charge in [-0.3, -0.25) is 0 Å². The SMILES string of the molecule is COc1ccc(CNCCCOC(C)C)c(Cl)c1OC. The molecule has 0 heterocycles. The fourth-order valence-electron chi connectivity index (χ4n) is 1.81. The summed E-state index contributed by atoms with van der Waals surface area (Å²) in [7, 11) is 3.19. The Kier molecular flexibility index (Phi) is 7.73. The van der Waals surface area contributed by atoms with Crippen molar-refractivity contribution in [2.24, 2.45) is 0 Å². The average Bonchev–Trinajstić information content (AvgIpc) is 2.43. The Balaban J connectivity index is 2.44. The highest BCUT2D eigenvalue weighted by atomic mass is 35.5. The lowest BCUT2D eigenvalue weighted by Gasteiger charge is -2.13. The standard InChI is InChI=1S/C15H24ClNO3/c1-11(2)20-9-5-8-17-10-12-6-7-13(18-3)15(19-4)14(12)16/h6-7,11,17H,5,8-10H2,1-4H3. The topological polar surface area (TPSA) is 39.7 Å². The van der Waals surface area contributed by atoms with E-state index in [9.17, 15) is 0 Å². The minimum atomic E-state index is 0.287. The summed E-state index contributed by atoms with van der Waals surface area (Å²) in [5, 5.41) is 3.94. The van der Waals surface area contributed by atoms with E-state index in [0.717, 1.165) is 25.1 Å². The van der Waals surface area contributed by atoms with Gasteiger partial charge in [-0.2, -0.15) is 0 Å². The molecule has 0 aliphatic heterocycles. The van der Waals surface area contributed by atoms with E-state index in [0.29, 0.717) is 23.1 Å². The van der Waals surface area contributed by atoms with Crippen LogP contribution in [-0.4, -0.2) is 33.5 Å². The predicted molar refractivity (Wildman–Crippen MR) is 82.0 cm³/mol. The van der Waals surface area contributed by atoms with Crippen LogP contribution in [0.2, 0.25) is 5.02 Å². The molecule has 0 spiro atoms. The molecule has 5 heteroatoms. The van der Waals surface area contributed by atoms with Crippen LogP contribution in [0, 0.1) is 0 Å². The van der Waals surface area contributed by atoms with Gasteiger partial charge in [0.1, 0.15) is 0 Å². The highest BCUT2D eigenvalue weighted by Crippen LogP contribution is 2.37. The molecule has 1 aromatic rings. The molecule has 0 saturated carbocycles. The minimum Gasteiger partial charge on any atom is -0.493 e. The summed E-state index contributed by atoms with van der Waals surface area (Å²) >= 11 is 6.30.